The Morgan fingerprint density at radius 2 is 2.07 bits per heavy atom. The Morgan fingerprint density at radius 1 is 1.40 bits per heavy atom. The molecule has 0 atom stereocenters. The van der Waals surface area contributed by atoms with E-state index in [1.807, 2.05) is 0 Å². The first-order valence-corrected chi connectivity index (χ1v) is 3.95. The number of pyridine rings is 1. The summed E-state index contributed by atoms with van der Waals surface area (Å²) in [7, 11) is 2.50. The van der Waals surface area contributed by atoms with Crippen molar-refractivity contribution in [1.82, 2.24) is 4.98 Å². The van der Waals surface area contributed by atoms with Gasteiger partial charge in [0.05, 0.1) is 19.8 Å². The lowest BCUT2D eigenvalue weighted by Gasteiger charge is -2.11. The second-order valence-corrected chi connectivity index (χ2v) is 2.55. The van der Waals surface area contributed by atoms with E-state index in [0.717, 1.165) is 6.07 Å². The number of hydrogen-bond acceptors (Lipinski definition) is 4. The van der Waals surface area contributed by atoms with Crippen LogP contribution in [0.4, 0.5) is 8.78 Å². The first kappa shape index (κ1) is 11.2. The molecule has 1 rings (SSSR count). The van der Waals surface area contributed by atoms with Gasteiger partial charge < -0.3 is 9.47 Å². The molecule has 0 aliphatic carbocycles. The van der Waals surface area contributed by atoms with Crippen LogP contribution < -0.4 is 9.47 Å². The van der Waals surface area contributed by atoms with Crippen LogP contribution in [-0.4, -0.2) is 19.2 Å². The van der Waals surface area contributed by atoms with Crippen molar-refractivity contribution in [3.63, 3.8) is 0 Å². The Bertz CT molecular complexity index is 402. The van der Waals surface area contributed by atoms with E-state index in [1.54, 1.807) is 6.07 Å². The molecule has 0 fully saturated rings. The van der Waals surface area contributed by atoms with Gasteiger partial charge in [-0.05, 0) is 6.07 Å². The molecule has 0 saturated heterocycles. The summed E-state index contributed by atoms with van der Waals surface area (Å²) in [4.78, 5) is 3.68. The minimum absolute atomic E-state index is 0.119. The predicted octanol–water partition coefficient (Wildman–Crippen LogP) is 1.91. The molecule has 6 heteroatoms. The van der Waals surface area contributed by atoms with E-state index in [4.69, 9.17) is 14.7 Å². The van der Waals surface area contributed by atoms with Gasteiger partial charge in [0.2, 0.25) is 0 Å². The number of rotatable bonds is 3. The van der Waals surface area contributed by atoms with E-state index >= 15 is 0 Å². The maximum absolute atomic E-state index is 12.6. The highest BCUT2D eigenvalue weighted by Crippen LogP contribution is 2.35. The van der Waals surface area contributed by atoms with Gasteiger partial charge in [-0.1, -0.05) is 0 Å². The van der Waals surface area contributed by atoms with Crippen LogP contribution in [0.2, 0.25) is 0 Å². The summed E-state index contributed by atoms with van der Waals surface area (Å²) < 4.78 is 34.6. The lowest BCUT2D eigenvalue weighted by molar-refractivity contribution is 0.145. The maximum Gasteiger partial charge on any atom is 0.267 e. The van der Waals surface area contributed by atoms with Crippen LogP contribution >= 0.6 is 0 Å². The van der Waals surface area contributed by atoms with Crippen LogP contribution in [-0.2, 0) is 0 Å². The van der Waals surface area contributed by atoms with Crippen molar-refractivity contribution >= 4 is 0 Å². The standard InChI is InChI=1S/C9H8F2N2O2/c1-14-7-6(8(10)11)3-5(4-12)13-9(7)15-2/h3,8H,1-2H3. The van der Waals surface area contributed by atoms with Crippen LogP contribution in [0.3, 0.4) is 0 Å². The lowest BCUT2D eigenvalue weighted by atomic mass is 10.2. The van der Waals surface area contributed by atoms with Crippen molar-refractivity contribution in [2.75, 3.05) is 14.2 Å². The Hall–Kier alpha value is -1.90. The van der Waals surface area contributed by atoms with Crippen LogP contribution in [0.15, 0.2) is 6.07 Å². The molecule has 0 N–H and O–H groups in total. The average Bonchev–Trinajstić information content (AvgIpc) is 2.26. The van der Waals surface area contributed by atoms with Gasteiger partial charge in [0.15, 0.2) is 5.75 Å². The summed E-state index contributed by atoms with van der Waals surface area (Å²) in [5, 5.41) is 8.57. The van der Waals surface area contributed by atoms with Gasteiger partial charge in [-0.15, -0.1) is 0 Å². The van der Waals surface area contributed by atoms with E-state index in [-0.39, 0.29) is 17.3 Å². The Balaban J connectivity index is 3.40. The molecular formula is C9H8F2N2O2. The molecule has 0 saturated carbocycles. The minimum Gasteiger partial charge on any atom is -0.491 e. The van der Waals surface area contributed by atoms with Crippen LogP contribution in [0.25, 0.3) is 0 Å². The van der Waals surface area contributed by atoms with Gasteiger partial charge in [0, 0.05) is 0 Å². The van der Waals surface area contributed by atoms with E-state index in [0.29, 0.717) is 0 Å². The molecule has 0 aromatic carbocycles. The van der Waals surface area contributed by atoms with E-state index < -0.39 is 12.0 Å². The first-order valence-electron chi connectivity index (χ1n) is 3.95. The van der Waals surface area contributed by atoms with Crippen molar-refractivity contribution in [2.45, 2.75) is 6.43 Å². The third-order valence-corrected chi connectivity index (χ3v) is 1.72. The third kappa shape index (κ3) is 2.13. The number of aromatic nitrogens is 1. The van der Waals surface area contributed by atoms with Crippen LogP contribution in [0.1, 0.15) is 17.7 Å². The molecule has 15 heavy (non-hydrogen) atoms. The average molecular weight is 214 g/mol. The highest BCUT2D eigenvalue weighted by atomic mass is 19.3. The summed E-state index contributed by atoms with van der Waals surface area (Å²) in [6, 6.07) is 2.65. The van der Waals surface area contributed by atoms with Crippen LogP contribution in [0.5, 0.6) is 11.6 Å². The van der Waals surface area contributed by atoms with Crippen molar-refractivity contribution < 1.29 is 18.3 Å². The first-order chi connectivity index (χ1) is 7.13. The lowest BCUT2D eigenvalue weighted by Crippen LogP contribution is -2.00. The second-order valence-electron chi connectivity index (χ2n) is 2.55. The molecule has 0 bridgehead atoms. The van der Waals surface area contributed by atoms with Gasteiger partial charge in [0.25, 0.3) is 12.3 Å². The van der Waals surface area contributed by atoms with Crippen molar-refractivity contribution in [3.05, 3.63) is 17.3 Å². The van der Waals surface area contributed by atoms with Crippen molar-refractivity contribution in [3.8, 4) is 17.7 Å². The minimum atomic E-state index is -2.75. The molecule has 0 spiro atoms. The number of nitrogens with zero attached hydrogens (tertiary/aromatic N) is 2. The summed E-state index contributed by atoms with van der Waals surface area (Å²) in [5.41, 5.74) is -0.538. The van der Waals surface area contributed by atoms with E-state index in [1.165, 1.54) is 14.2 Å². The monoisotopic (exact) mass is 214 g/mol. The van der Waals surface area contributed by atoms with E-state index in [9.17, 15) is 8.78 Å². The fourth-order valence-electron chi connectivity index (χ4n) is 1.09. The van der Waals surface area contributed by atoms with E-state index in [2.05, 4.69) is 4.98 Å². The number of hydrogen-bond donors (Lipinski definition) is 0. The molecule has 4 nitrogen and oxygen atoms in total. The number of methoxy groups -OCH3 is 2. The third-order valence-electron chi connectivity index (χ3n) is 1.72. The SMILES string of the molecule is COc1nc(C#N)cc(C(F)F)c1OC. The molecule has 0 radical (unpaired) electrons. The maximum atomic E-state index is 12.6. The molecule has 80 valence electrons. The molecule has 1 heterocycles. The quantitative estimate of drug-likeness (QED) is 0.771. The Kier molecular flexibility index (Phi) is 3.39. The fraction of sp³-hybridized carbons (Fsp3) is 0.333. The number of alkyl halides is 2. The highest BCUT2D eigenvalue weighted by Gasteiger charge is 2.20. The topological polar surface area (TPSA) is 55.1 Å². The molecule has 0 amide bonds. The zero-order chi connectivity index (χ0) is 11.4. The molecule has 1 aromatic rings. The van der Waals surface area contributed by atoms with Gasteiger partial charge in [-0.25, -0.2) is 8.78 Å². The number of halogens is 2. The zero-order valence-electron chi connectivity index (χ0n) is 8.12. The predicted molar refractivity (Wildman–Crippen MR) is 47.0 cm³/mol. The molecular weight excluding hydrogens is 206 g/mol. The highest BCUT2D eigenvalue weighted by molar-refractivity contribution is 5.46. The zero-order valence-corrected chi connectivity index (χ0v) is 8.12. The van der Waals surface area contributed by atoms with Crippen molar-refractivity contribution in [2.24, 2.45) is 0 Å². The Labute approximate surface area is 85.1 Å². The largest absolute Gasteiger partial charge is 0.491 e. The van der Waals surface area contributed by atoms with Crippen LogP contribution in [0, 0.1) is 11.3 Å². The molecule has 0 unspecified atom stereocenters. The van der Waals surface area contributed by atoms with Gasteiger partial charge in [0.1, 0.15) is 11.8 Å². The second kappa shape index (κ2) is 4.55. The normalized spacial score (nSPS) is 9.87. The summed E-state index contributed by atoms with van der Waals surface area (Å²) in [6.07, 6.45) is -2.75. The molecule has 1 aromatic heterocycles. The number of nitriles is 1. The fourth-order valence-corrected chi connectivity index (χ4v) is 1.09. The smallest absolute Gasteiger partial charge is 0.267 e. The van der Waals surface area contributed by atoms with Gasteiger partial charge in [-0.3, -0.25) is 0 Å². The summed E-state index contributed by atoms with van der Waals surface area (Å²) in [6.45, 7) is 0. The summed E-state index contributed by atoms with van der Waals surface area (Å²) >= 11 is 0. The van der Waals surface area contributed by atoms with Gasteiger partial charge in [-0.2, -0.15) is 10.2 Å². The Morgan fingerprint density at radius 3 is 2.47 bits per heavy atom. The number of ether oxygens (including phenoxy) is 2. The molecule has 0 aliphatic rings. The molecule has 0 aliphatic heterocycles. The van der Waals surface area contributed by atoms with Crippen molar-refractivity contribution in [1.29, 1.82) is 5.26 Å². The summed E-state index contributed by atoms with van der Waals surface area (Å²) in [5.74, 6) is -0.265. The van der Waals surface area contributed by atoms with Gasteiger partial charge >= 0.3 is 0 Å².